The zero-order valence-electron chi connectivity index (χ0n) is 7.69. The summed E-state index contributed by atoms with van der Waals surface area (Å²) in [6, 6.07) is 3.62. The maximum absolute atomic E-state index is 10.2. The third-order valence-corrected chi connectivity index (χ3v) is 2.52. The Balaban J connectivity index is 2.20. The highest BCUT2D eigenvalue weighted by Crippen LogP contribution is 2.34. The van der Waals surface area contributed by atoms with Crippen molar-refractivity contribution in [2.24, 2.45) is 0 Å². The fourth-order valence-electron chi connectivity index (χ4n) is 1.83. The fraction of sp³-hybridized carbons (Fsp3) is 0.600. The van der Waals surface area contributed by atoms with Crippen molar-refractivity contribution in [2.45, 2.75) is 31.5 Å². The van der Waals surface area contributed by atoms with Crippen molar-refractivity contribution in [1.82, 2.24) is 0 Å². The first-order chi connectivity index (χ1) is 6.21. The molecule has 1 aliphatic heterocycles. The monoisotopic (exact) mass is 182 g/mol. The highest BCUT2D eigenvalue weighted by Gasteiger charge is 2.37. The summed E-state index contributed by atoms with van der Waals surface area (Å²) in [6.45, 7) is 2.56. The van der Waals surface area contributed by atoms with E-state index >= 15 is 0 Å². The molecule has 0 aromatic carbocycles. The molecule has 2 heterocycles. The van der Waals surface area contributed by atoms with Gasteiger partial charge < -0.3 is 14.3 Å². The lowest BCUT2D eigenvalue weighted by atomic mass is 9.88. The summed E-state index contributed by atoms with van der Waals surface area (Å²) < 4.78 is 10.6. The van der Waals surface area contributed by atoms with Crippen molar-refractivity contribution in [2.75, 3.05) is 6.61 Å². The number of furan rings is 1. The molecule has 0 saturated carbocycles. The molecule has 1 aromatic rings. The van der Waals surface area contributed by atoms with Gasteiger partial charge in [-0.15, -0.1) is 0 Å². The van der Waals surface area contributed by atoms with E-state index in [1.54, 1.807) is 12.3 Å². The second kappa shape index (κ2) is 3.16. The molecule has 72 valence electrons. The molecular formula is C10H14O3. The van der Waals surface area contributed by atoms with E-state index < -0.39 is 5.60 Å². The van der Waals surface area contributed by atoms with Crippen molar-refractivity contribution < 1.29 is 14.3 Å². The molecule has 0 radical (unpaired) electrons. The minimum Gasteiger partial charge on any atom is -0.466 e. The van der Waals surface area contributed by atoms with Crippen LogP contribution < -0.4 is 0 Å². The first-order valence-electron chi connectivity index (χ1n) is 4.59. The third-order valence-electron chi connectivity index (χ3n) is 2.52. The lowest BCUT2D eigenvalue weighted by molar-refractivity contribution is -0.111. The van der Waals surface area contributed by atoms with Gasteiger partial charge in [0, 0.05) is 12.8 Å². The standard InChI is InChI=1S/C10H14O3/c1-8-7-10(11,4-6-12-8)9-3-2-5-13-9/h2-3,5,8,11H,4,6-7H2,1H3. The molecule has 2 atom stereocenters. The highest BCUT2D eigenvalue weighted by atomic mass is 16.5. The van der Waals surface area contributed by atoms with E-state index in [1.807, 2.05) is 13.0 Å². The van der Waals surface area contributed by atoms with Crippen LogP contribution in [-0.4, -0.2) is 17.8 Å². The van der Waals surface area contributed by atoms with Crippen molar-refractivity contribution in [1.29, 1.82) is 0 Å². The second-order valence-electron chi connectivity index (χ2n) is 3.64. The Hall–Kier alpha value is -0.800. The van der Waals surface area contributed by atoms with Gasteiger partial charge in [0.15, 0.2) is 0 Å². The minimum atomic E-state index is -0.818. The molecule has 13 heavy (non-hydrogen) atoms. The fourth-order valence-corrected chi connectivity index (χ4v) is 1.83. The lowest BCUT2D eigenvalue weighted by Gasteiger charge is -2.33. The first kappa shape index (κ1) is 8.78. The van der Waals surface area contributed by atoms with Gasteiger partial charge in [0.1, 0.15) is 11.4 Å². The van der Waals surface area contributed by atoms with Crippen LogP contribution in [0.4, 0.5) is 0 Å². The zero-order valence-corrected chi connectivity index (χ0v) is 7.69. The third kappa shape index (κ3) is 1.62. The average molecular weight is 182 g/mol. The number of ether oxygens (including phenoxy) is 1. The van der Waals surface area contributed by atoms with E-state index in [1.165, 1.54) is 0 Å². The predicted octanol–water partition coefficient (Wildman–Crippen LogP) is 1.67. The number of hydrogen-bond acceptors (Lipinski definition) is 3. The molecule has 2 rings (SSSR count). The largest absolute Gasteiger partial charge is 0.466 e. The molecule has 0 aliphatic carbocycles. The van der Waals surface area contributed by atoms with Crippen molar-refractivity contribution >= 4 is 0 Å². The summed E-state index contributed by atoms with van der Waals surface area (Å²) in [5.74, 6) is 0.655. The van der Waals surface area contributed by atoms with Crippen LogP contribution in [0.25, 0.3) is 0 Å². The van der Waals surface area contributed by atoms with E-state index in [9.17, 15) is 5.11 Å². The highest BCUT2D eigenvalue weighted by molar-refractivity contribution is 5.10. The summed E-state index contributed by atoms with van der Waals surface area (Å²) in [6.07, 6.45) is 2.92. The predicted molar refractivity (Wildman–Crippen MR) is 47.3 cm³/mol. The Bertz CT molecular complexity index is 268. The van der Waals surface area contributed by atoms with Gasteiger partial charge in [0.05, 0.1) is 19.0 Å². The number of aliphatic hydroxyl groups is 1. The second-order valence-corrected chi connectivity index (χ2v) is 3.64. The van der Waals surface area contributed by atoms with Crippen LogP contribution in [0.2, 0.25) is 0 Å². The topological polar surface area (TPSA) is 42.6 Å². The summed E-state index contributed by atoms with van der Waals surface area (Å²) in [5, 5.41) is 10.2. The van der Waals surface area contributed by atoms with E-state index in [2.05, 4.69) is 0 Å². The van der Waals surface area contributed by atoms with Crippen LogP contribution in [-0.2, 0) is 10.3 Å². The summed E-state index contributed by atoms with van der Waals surface area (Å²) in [7, 11) is 0. The molecule has 1 aliphatic rings. The molecule has 0 spiro atoms. The molecular weight excluding hydrogens is 168 g/mol. The van der Waals surface area contributed by atoms with E-state index in [0.717, 1.165) is 0 Å². The van der Waals surface area contributed by atoms with Crippen molar-refractivity contribution in [3.63, 3.8) is 0 Å². The van der Waals surface area contributed by atoms with Crippen molar-refractivity contribution in [3.8, 4) is 0 Å². The van der Waals surface area contributed by atoms with Gasteiger partial charge in [0.25, 0.3) is 0 Å². The Morgan fingerprint density at radius 3 is 3.08 bits per heavy atom. The average Bonchev–Trinajstić information content (AvgIpc) is 2.55. The van der Waals surface area contributed by atoms with Gasteiger partial charge in [-0.05, 0) is 19.1 Å². The summed E-state index contributed by atoms with van der Waals surface area (Å²) in [5.41, 5.74) is -0.818. The molecule has 1 aromatic heterocycles. The van der Waals surface area contributed by atoms with Crippen LogP contribution in [0, 0.1) is 0 Å². The van der Waals surface area contributed by atoms with E-state index in [0.29, 0.717) is 25.2 Å². The maximum atomic E-state index is 10.2. The molecule has 2 unspecified atom stereocenters. The van der Waals surface area contributed by atoms with Gasteiger partial charge in [-0.2, -0.15) is 0 Å². The molecule has 1 N–H and O–H groups in total. The SMILES string of the molecule is CC1CC(O)(c2ccco2)CCO1. The quantitative estimate of drug-likeness (QED) is 0.718. The molecule has 0 bridgehead atoms. The van der Waals surface area contributed by atoms with Crippen LogP contribution in [0.5, 0.6) is 0 Å². The van der Waals surface area contributed by atoms with Crippen molar-refractivity contribution in [3.05, 3.63) is 24.2 Å². The minimum absolute atomic E-state index is 0.101. The zero-order chi connectivity index (χ0) is 9.31. The van der Waals surface area contributed by atoms with E-state index in [4.69, 9.17) is 9.15 Å². The first-order valence-corrected chi connectivity index (χ1v) is 4.59. The summed E-state index contributed by atoms with van der Waals surface area (Å²) >= 11 is 0. The van der Waals surface area contributed by atoms with Gasteiger partial charge in [-0.25, -0.2) is 0 Å². The van der Waals surface area contributed by atoms with Crippen LogP contribution in [0.3, 0.4) is 0 Å². The Labute approximate surface area is 77.3 Å². The Kier molecular flexibility index (Phi) is 2.14. The molecule has 3 nitrogen and oxygen atoms in total. The normalized spacial score (nSPS) is 34.8. The van der Waals surface area contributed by atoms with Gasteiger partial charge in [0.2, 0.25) is 0 Å². The van der Waals surface area contributed by atoms with Crippen LogP contribution in [0.1, 0.15) is 25.5 Å². The van der Waals surface area contributed by atoms with Gasteiger partial charge >= 0.3 is 0 Å². The molecule has 1 fully saturated rings. The summed E-state index contributed by atoms with van der Waals surface area (Å²) in [4.78, 5) is 0. The number of hydrogen-bond donors (Lipinski definition) is 1. The smallest absolute Gasteiger partial charge is 0.135 e. The van der Waals surface area contributed by atoms with Crippen LogP contribution >= 0.6 is 0 Å². The Morgan fingerprint density at radius 1 is 1.62 bits per heavy atom. The van der Waals surface area contributed by atoms with Gasteiger partial charge in [-0.3, -0.25) is 0 Å². The molecule has 3 heteroatoms. The number of rotatable bonds is 1. The lowest BCUT2D eigenvalue weighted by Crippen LogP contribution is -2.37. The van der Waals surface area contributed by atoms with Gasteiger partial charge in [-0.1, -0.05) is 0 Å². The molecule has 1 saturated heterocycles. The van der Waals surface area contributed by atoms with E-state index in [-0.39, 0.29) is 6.10 Å². The Morgan fingerprint density at radius 2 is 2.46 bits per heavy atom. The molecule has 0 amide bonds. The maximum Gasteiger partial charge on any atom is 0.135 e. The van der Waals surface area contributed by atoms with Crippen LogP contribution in [0.15, 0.2) is 22.8 Å².